The van der Waals surface area contributed by atoms with Gasteiger partial charge in [0.2, 0.25) is 11.8 Å². The van der Waals surface area contributed by atoms with Crippen LogP contribution in [0.3, 0.4) is 0 Å². The van der Waals surface area contributed by atoms with E-state index >= 15 is 0 Å². The number of likely N-dealkylation sites (tertiary alicyclic amines) is 1. The molecule has 0 radical (unpaired) electrons. The number of nitrogens with one attached hydrogen (secondary N) is 1. The normalized spacial score (nSPS) is 14.8. The molecule has 0 aromatic carbocycles. The standard InChI is InChI=1S/C17H33N3O2.C4H10N2.2C2H6/c1-4-15(19-17(22)13(2)3)9-7-8-14(18)12-16(21)20-10-5-6-11-20;1-4(3-5)6-2;2*1-2/h13-15H,4-12,18H2,1-3H3,(H,19,22);3,5H2,1-2H3;2*1-2H3/t14?,15-;;;/m0.../s1. The molecule has 0 aromatic rings. The third-order valence-electron chi connectivity index (χ3n) is 5.06. The molecule has 5 N–H and O–H groups in total. The van der Waals surface area contributed by atoms with Gasteiger partial charge in [0.25, 0.3) is 0 Å². The summed E-state index contributed by atoms with van der Waals surface area (Å²) >= 11 is 0. The van der Waals surface area contributed by atoms with Crippen LogP contribution in [-0.2, 0) is 9.59 Å². The summed E-state index contributed by atoms with van der Waals surface area (Å²) in [6.07, 6.45) is 6.35. The van der Waals surface area contributed by atoms with Gasteiger partial charge in [-0.2, -0.15) is 0 Å². The predicted molar refractivity (Wildman–Crippen MR) is 140 cm³/mol. The molecule has 0 saturated carbocycles. The van der Waals surface area contributed by atoms with E-state index in [0.29, 0.717) is 13.0 Å². The van der Waals surface area contributed by atoms with Crippen LogP contribution >= 0.6 is 0 Å². The van der Waals surface area contributed by atoms with Crippen molar-refractivity contribution >= 4 is 17.5 Å². The molecule has 1 unspecified atom stereocenters. The van der Waals surface area contributed by atoms with Gasteiger partial charge in [-0.3, -0.25) is 14.6 Å². The number of nitrogens with two attached hydrogens (primary N) is 2. The van der Waals surface area contributed by atoms with Crippen LogP contribution in [-0.4, -0.2) is 61.2 Å². The molecule has 2 amide bonds. The van der Waals surface area contributed by atoms with E-state index in [1.165, 1.54) is 0 Å². The van der Waals surface area contributed by atoms with E-state index in [0.717, 1.165) is 57.3 Å². The Morgan fingerprint density at radius 2 is 1.59 bits per heavy atom. The van der Waals surface area contributed by atoms with Crippen molar-refractivity contribution in [1.82, 2.24) is 10.2 Å². The summed E-state index contributed by atoms with van der Waals surface area (Å²) in [5.41, 5.74) is 12.2. The number of hydrogen-bond donors (Lipinski definition) is 3. The van der Waals surface area contributed by atoms with E-state index in [9.17, 15) is 9.59 Å². The molecule has 1 aliphatic heterocycles. The molecule has 1 fully saturated rings. The lowest BCUT2D eigenvalue weighted by Crippen LogP contribution is -2.37. The summed E-state index contributed by atoms with van der Waals surface area (Å²) in [6.45, 7) is 18.2. The molecule has 0 aliphatic carbocycles. The lowest BCUT2D eigenvalue weighted by atomic mass is 10.0. The predicted octanol–water partition coefficient (Wildman–Crippen LogP) is 4.14. The summed E-state index contributed by atoms with van der Waals surface area (Å²) in [7, 11) is 1.74. The molecule has 1 saturated heterocycles. The maximum absolute atomic E-state index is 12.0. The van der Waals surface area contributed by atoms with Gasteiger partial charge in [-0.25, -0.2) is 0 Å². The monoisotopic (exact) mass is 457 g/mol. The number of nitrogens with zero attached hydrogens (tertiary/aromatic N) is 2. The zero-order chi connectivity index (χ0) is 25.5. The zero-order valence-corrected chi connectivity index (χ0v) is 22.7. The molecule has 0 aromatic heterocycles. The van der Waals surface area contributed by atoms with Gasteiger partial charge >= 0.3 is 0 Å². The maximum Gasteiger partial charge on any atom is 0.224 e. The Balaban J connectivity index is -0.000000713. The van der Waals surface area contributed by atoms with Crippen LogP contribution in [0.25, 0.3) is 0 Å². The summed E-state index contributed by atoms with van der Waals surface area (Å²) in [6, 6.07) is 0.155. The van der Waals surface area contributed by atoms with Crippen LogP contribution < -0.4 is 16.8 Å². The van der Waals surface area contributed by atoms with Gasteiger partial charge in [0.1, 0.15) is 0 Å². The minimum absolute atomic E-state index is 0.0226. The third kappa shape index (κ3) is 19.2. The van der Waals surface area contributed by atoms with Gasteiger partial charge < -0.3 is 21.7 Å². The first-order valence-corrected chi connectivity index (χ1v) is 12.7. The summed E-state index contributed by atoms with van der Waals surface area (Å²) in [5, 5.41) is 3.07. The molecular formula is C25H55N5O2. The number of carbonyl (C=O) groups is 2. The summed E-state index contributed by atoms with van der Waals surface area (Å²) in [4.78, 5) is 29.5. The van der Waals surface area contributed by atoms with Crippen LogP contribution in [0.15, 0.2) is 4.99 Å². The smallest absolute Gasteiger partial charge is 0.224 e. The first-order chi connectivity index (χ1) is 15.2. The van der Waals surface area contributed by atoms with E-state index < -0.39 is 0 Å². The highest BCUT2D eigenvalue weighted by Crippen LogP contribution is 2.13. The highest BCUT2D eigenvalue weighted by Gasteiger charge is 2.20. The minimum Gasteiger partial charge on any atom is -0.353 e. The summed E-state index contributed by atoms with van der Waals surface area (Å²) < 4.78 is 0. The number of amides is 2. The van der Waals surface area contributed by atoms with Crippen LogP contribution in [0.4, 0.5) is 0 Å². The Bertz CT molecular complexity index is 475. The average Bonchev–Trinajstić information content (AvgIpc) is 3.36. The first kappa shape index (κ1) is 35.1. The van der Waals surface area contributed by atoms with Crippen LogP contribution in [0, 0.1) is 5.92 Å². The van der Waals surface area contributed by atoms with Crippen molar-refractivity contribution < 1.29 is 9.59 Å². The fourth-order valence-electron chi connectivity index (χ4n) is 2.89. The number of hydrogen-bond acceptors (Lipinski definition) is 5. The van der Waals surface area contributed by atoms with Gasteiger partial charge in [-0.05, 0) is 45.4 Å². The van der Waals surface area contributed by atoms with Crippen molar-refractivity contribution in [2.24, 2.45) is 22.4 Å². The van der Waals surface area contributed by atoms with E-state index in [1.54, 1.807) is 7.05 Å². The van der Waals surface area contributed by atoms with E-state index in [4.69, 9.17) is 11.5 Å². The van der Waals surface area contributed by atoms with Gasteiger partial charge in [0, 0.05) is 56.8 Å². The molecule has 1 rings (SSSR count). The van der Waals surface area contributed by atoms with Gasteiger partial charge in [-0.15, -0.1) is 0 Å². The van der Waals surface area contributed by atoms with Crippen molar-refractivity contribution in [3.05, 3.63) is 0 Å². The van der Waals surface area contributed by atoms with E-state index in [2.05, 4.69) is 17.2 Å². The number of rotatable bonds is 10. The molecule has 7 heteroatoms. The fraction of sp³-hybridized carbons (Fsp3) is 0.880. The number of carbonyl (C=O) groups excluding carboxylic acids is 2. The van der Waals surface area contributed by atoms with Crippen LogP contribution in [0.1, 0.15) is 100 Å². The molecule has 0 bridgehead atoms. The second-order valence-corrected chi connectivity index (χ2v) is 7.91. The molecule has 0 spiro atoms. The molecule has 1 aliphatic rings. The zero-order valence-electron chi connectivity index (χ0n) is 22.7. The van der Waals surface area contributed by atoms with Crippen molar-refractivity contribution in [3.8, 4) is 0 Å². The lowest BCUT2D eigenvalue weighted by molar-refractivity contribution is -0.130. The highest BCUT2D eigenvalue weighted by atomic mass is 16.2. The largest absolute Gasteiger partial charge is 0.353 e. The number of aliphatic imine (C=N–C) groups is 1. The van der Waals surface area contributed by atoms with Crippen molar-refractivity contribution in [3.63, 3.8) is 0 Å². The first-order valence-electron chi connectivity index (χ1n) is 12.7. The van der Waals surface area contributed by atoms with E-state index in [-0.39, 0.29) is 29.8 Å². The molecule has 192 valence electrons. The van der Waals surface area contributed by atoms with Gasteiger partial charge in [-0.1, -0.05) is 48.5 Å². The molecule has 7 nitrogen and oxygen atoms in total. The average molecular weight is 458 g/mol. The van der Waals surface area contributed by atoms with Gasteiger partial charge in [0.15, 0.2) is 0 Å². The maximum atomic E-state index is 12.0. The van der Waals surface area contributed by atoms with Crippen molar-refractivity contribution in [1.29, 1.82) is 0 Å². The topological polar surface area (TPSA) is 114 Å². The Hall–Kier alpha value is -1.47. The third-order valence-corrected chi connectivity index (χ3v) is 5.06. The van der Waals surface area contributed by atoms with Crippen LogP contribution in [0.2, 0.25) is 0 Å². The van der Waals surface area contributed by atoms with Crippen molar-refractivity contribution in [2.45, 2.75) is 112 Å². The van der Waals surface area contributed by atoms with Crippen LogP contribution in [0.5, 0.6) is 0 Å². The molecule has 2 atom stereocenters. The molecule has 1 heterocycles. The second kappa shape index (κ2) is 24.2. The Morgan fingerprint density at radius 1 is 1.06 bits per heavy atom. The fourth-order valence-corrected chi connectivity index (χ4v) is 2.89. The lowest BCUT2D eigenvalue weighted by Gasteiger charge is -2.20. The Kier molecular flexibility index (Phi) is 26.5. The van der Waals surface area contributed by atoms with E-state index in [1.807, 2.05) is 53.4 Å². The summed E-state index contributed by atoms with van der Waals surface area (Å²) in [5.74, 6) is 0.333. The van der Waals surface area contributed by atoms with Crippen molar-refractivity contribution in [2.75, 3.05) is 26.7 Å². The Labute approximate surface area is 199 Å². The minimum atomic E-state index is -0.0635. The second-order valence-electron chi connectivity index (χ2n) is 7.91. The molecular weight excluding hydrogens is 402 g/mol. The quantitative estimate of drug-likeness (QED) is 0.428. The van der Waals surface area contributed by atoms with Gasteiger partial charge in [0.05, 0.1) is 0 Å². The Morgan fingerprint density at radius 3 is 1.97 bits per heavy atom. The highest BCUT2D eigenvalue weighted by molar-refractivity contribution is 5.83. The SMILES string of the molecule is CC.CC.CC[C@@H](CCCC(N)CC(=O)N1CCCC1)NC(=O)C(C)C.CN=C(C)CN. The molecule has 32 heavy (non-hydrogen) atoms.